The van der Waals surface area contributed by atoms with E-state index in [-0.39, 0.29) is 30.5 Å². The topological polar surface area (TPSA) is 100 Å². The molecule has 202 valence electrons. The van der Waals surface area contributed by atoms with Crippen LogP contribution < -0.4 is 3.53 Å². The van der Waals surface area contributed by atoms with Crippen molar-refractivity contribution in [1.82, 2.24) is 3.53 Å². The van der Waals surface area contributed by atoms with Crippen LogP contribution in [-0.4, -0.2) is 51.1 Å². The van der Waals surface area contributed by atoms with Crippen LogP contribution in [0.3, 0.4) is 0 Å². The number of carbonyl (C=O) groups excluding carboxylic acids is 3. The van der Waals surface area contributed by atoms with Gasteiger partial charge in [-0.2, -0.15) is 0 Å². The molecule has 1 N–H and O–H groups in total. The highest BCUT2D eigenvalue weighted by atomic mass is 127. The number of allylic oxidation sites excluding steroid dienone is 2. The number of hydrogen-bond acceptors (Lipinski definition) is 7. The minimum atomic E-state index is -0.541. The van der Waals surface area contributed by atoms with Crippen molar-refractivity contribution in [3.8, 4) is 0 Å². The Morgan fingerprint density at radius 1 is 0.914 bits per heavy atom. The molecule has 0 aromatic heterocycles. The number of ether oxygens (including phenoxy) is 4. The van der Waals surface area contributed by atoms with Gasteiger partial charge in [-0.1, -0.05) is 45.8 Å². The largest absolute Gasteiger partial charge is 0.462 e. The molecule has 0 aromatic rings. The molecule has 8 nitrogen and oxygen atoms in total. The van der Waals surface area contributed by atoms with Crippen LogP contribution in [0.1, 0.15) is 74.7 Å². The molecule has 0 rings (SSSR count). The summed E-state index contributed by atoms with van der Waals surface area (Å²) in [7, 11) is 0. The highest BCUT2D eigenvalue weighted by Crippen LogP contribution is 2.30. The van der Waals surface area contributed by atoms with Gasteiger partial charge in [-0.25, -0.2) is 14.4 Å². The lowest BCUT2D eigenvalue weighted by atomic mass is 9.80. The quantitative estimate of drug-likeness (QED) is 0.0578. The van der Waals surface area contributed by atoms with E-state index < -0.39 is 17.5 Å². The summed E-state index contributed by atoms with van der Waals surface area (Å²) < 4.78 is 24.6. The number of esters is 2. The molecule has 35 heavy (non-hydrogen) atoms. The van der Waals surface area contributed by atoms with Crippen LogP contribution in [0.15, 0.2) is 23.3 Å². The number of halogens is 1. The first-order valence-electron chi connectivity index (χ1n) is 12.0. The third kappa shape index (κ3) is 15.2. The Kier molecular flexibility index (Phi) is 16.2. The van der Waals surface area contributed by atoms with Crippen molar-refractivity contribution in [3.05, 3.63) is 23.3 Å². The van der Waals surface area contributed by atoms with Gasteiger partial charge in [-0.3, -0.25) is 3.53 Å². The lowest BCUT2D eigenvalue weighted by Crippen LogP contribution is -2.38. The van der Waals surface area contributed by atoms with Crippen molar-refractivity contribution in [1.29, 1.82) is 0 Å². The van der Waals surface area contributed by atoms with Crippen LogP contribution in [0.25, 0.3) is 0 Å². The fraction of sp³-hybridized carbons (Fsp3) is 0.731. The second kappa shape index (κ2) is 16.9. The molecule has 0 bridgehead atoms. The van der Waals surface area contributed by atoms with E-state index in [0.29, 0.717) is 26.2 Å². The average Bonchev–Trinajstić information content (AvgIpc) is 2.80. The average molecular weight is 610 g/mol. The third-order valence-corrected chi connectivity index (χ3v) is 6.54. The van der Waals surface area contributed by atoms with Crippen LogP contribution in [0.2, 0.25) is 0 Å². The van der Waals surface area contributed by atoms with Crippen LogP contribution in [0, 0.1) is 16.7 Å². The lowest BCUT2D eigenvalue weighted by Gasteiger charge is -2.33. The molecule has 0 aliphatic rings. The van der Waals surface area contributed by atoms with Gasteiger partial charge in [0.25, 0.3) is 0 Å². The van der Waals surface area contributed by atoms with Gasteiger partial charge in [0.2, 0.25) is 0 Å². The summed E-state index contributed by atoms with van der Waals surface area (Å²) >= 11 is 1.71. The number of amides is 1. The molecular formula is C26H44INO7. The van der Waals surface area contributed by atoms with Gasteiger partial charge < -0.3 is 18.9 Å². The van der Waals surface area contributed by atoms with Crippen molar-refractivity contribution in [2.45, 2.75) is 74.7 Å². The summed E-state index contributed by atoms with van der Waals surface area (Å²) in [5.41, 5.74) is 1.13. The van der Waals surface area contributed by atoms with Gasteiger partial charge in [0, 0.05) is 35.5 Å². The van der Waals surface area contributed by atoms with Crippen LogP contribution >= 0.6 is 22.9 Å². The van der Waals surface area contributed by atoms with E-state index in [0.717, 1.165) is 24.0 Å². The van der Waals surface area contributed by atoms with Gasteiger partial charge in [0.15, 0.2) is 0 Å². The fourth-order valence-corrected chi connectivity index (χ4v) is 3.00. The normalized spacial score (nSPS) is 14.4. The molecule has 9 heteroatoms. The molecular weight excluding hydrogens is 565 g/mol. The van der Waals surface area contributed by atoms with Crippen LogP contribution in [0.4, 0.5) is 4.79 Å². The minimum absolute atomic E-state index is 0.119. The SMILES string of the molecule is CC/C(C)=C\C(=O)OCC(C)(CC)CCOCC(COC(=O)NI)C(C)(C)COC(=O)C=C(C)C. The molecule has 0 aromatic carbocycles. The zero-order valence-corrected chi connectivity index (χ0v) is 24.8. The Morgan fingerprint density at radius 2 is 1.51 bits per heavy atom. The van der Waals surface area contributed by atoms with Crippen molar-refractivity contribution >= 4 is 40.9 Å². The van der Waals surface area contributed by atoms with E-state index in [9.17, 15) is 14.4 Å². The molecule has 0 fully saturated rings. The first-order valence-corrected chi connectivity index (χ1v) is 13.1. The Hall–Kier alpha value is -1.62. The molecule has 2 atom stereocenters. The second-order valence-electron chi connectivity index (χ2n) is 10.1. The summed E-state index contributed by atoms with van der Waals surface area (Å²) in [6, 6.07) is 0. The van der Waals surface area contributed by atoms with Crippen molar-refractivity contribution in [3.63, 3.8) is 0 Å². The van der Waals surface area contributed by atoms with Gasteiger partial charge in [0.1, 0.15) is 0 Å². The molecule has 0 aliphatic carbocycles. The van der Waals surface area contributed by atoms with E-state index in [1.165, 1.54) is 12.2 Å². The zero-order valence-electron chi connectivity index (χ0n) is 22.6. The summed E-state index contributed by atoms with van der Waals surface area (Å²) in [5, 5.41) is 0. The Morgan fingerprint density at radius 3 is 2.06 bits per heavy atom. The number of carbonyl (C=O) groups is 3. The standard InChI is InChI=1S/C26H44INO7/c1-9-20(5)14-23(30)35-18-26(8,10-2)11-12-32-15-21(16-33-24(31)28-27)25(6,7)17-34-22(29)13-19(3)4/h13-14,21H,9-12,15-18H2,1-8H3,(H,28,31)/b20-14-. The van der Waals surface area contributed by atoms with Crippen LogP contribution in [-0.2, 0) is 28.5 Å². The molecule has 0 spiro atoms. The number of nitrogens with one attached hydrogen (secondary N) is 1. The lowest BCUT2D eigenvalue weighted by molar-refractivity contribution is -0.143. The maximum Gasteiger partial charge on any atom is 0.415 e. The zero-order chi connectivity index (χ0) is 27.1. The minimum Gasteiger partial charge on any atom is -0.462 e. The number of rotatable bonds is 16. The van der Waals surface area contributed by atoms with Gasteiger partial charge in [0.05, 0.1) is 49.3 Å². The van der Waals surface area contributed by atoms with Gasteiger partial charge in [-0.05, 0) is 40.0 Å². The van der Waals surface area contributed by atoms with E-state index in [1.54, 1.807) is 22.9 Å². The molecule has 0 radical (unpaired) electrons. The highest BCUT2D eigenvalue weighted by Gasteiger charge is 2.33. The van der Waals surface area contributed by atoms with E-state index in [2.05, 4.69) is 17.4 Å². The summed E-state index contributed by atoms with van der Waals surface area (Å²) in [4.78, 5) is 35.6. The monoisotopic (exact) mass is 609 g/mol. The van der Waals surface area contributed by atoms with Crippen molar-refractivity contribution < 1.29 is 33.3 Å². The van der Waals surface area contributed by atoms with E-state index in [4.69, 9.17) is 18.9 Å². The Labute approximate surface area is 225 Å². The van der Waals surface area contributed by atoms with Gasteiger partial charge in [-0.15, -0.1) is 0 Å². The van der Waals surface area contributed by atoms with E-state index in [1.807, 2.05) is 41.5 Å². The molecule has 0 saturated heterocycles. The third-order valence-electron chi connectivity index (χ3n) is 6.10. The predicted octanol–water partition coefficient (Wildman–Crippen LogP) is 5.94. The number of hydrogen-bond donors (Lipinski definition) is 1. The molecule has 0 saturated carbocycles. The van der Waals surface area contributed by atoms with Gasteiger partial charge >= 0.3 is 18.0 Å². The Balaban J connectivity index is 4.98. The van der Waals surface area contributed by atoms with Crippen molar-refractivity contribution in [2.75, 3.05) is 33.0 Å². The highest BCUT2D eigenvalue weighted by molar-refractivity contribution is 14.1. The maximum absolute atomic E-state index is 12.0. The Bertz CT molecular complexity index is 744. The molecule has 1 amide bonds. The van der Waals surface area contributed by atoms with Crippen LogP contribution in [0.5, 0.6) is 0 Å². The first kappa shape index (κ1) is 33.4. The summed E-state index contributed by atoms with van der Waals surface area (Å²) in [6.45, 7) is 16.9. The van der Waals surface area contributed by atoms with Crippen molar-refractivity contribution in [2.24, 2.45) is 16.7 Å². The second-order valence-corrected chi connectivity index (χ2v) is 10.7. The molecule has 2 unspecified atom stereocenters. The predicted molar refractivity (Wildman–Crippen MR) is 145 cm³/mol. The molecule has 0 aliphatic heterocycles. The molecule has 0 heterocycles. The fourth-order valence-electron chi connectivity index (χ4n) is 2.84. The summed E-state index contributed by atoms with van der Waals surface area (Å²) in [5.74, 6) is -0.926. The van der Waals surface area contributed by atoms with E-state index >= 15 is 0 Å². The smallest absolute Gasteiger partial charge is 0.415 e. The maximum atomic E-state index is 12.0. The first-order chi connectivity index (χ1) is 16.3. The summed E-state index contributed by atoms with van der Waals surface area (Å²) in [6.07, 6.45) is 4.78.